The Hall–Kier alpha value is -3.58. The molecular formula is C29H30N4O3. The Morgan fingerprint density at radius 1 is 1.08 bits per heavy atom. The fraction of sp³-hybridized carbons (Fsp3) is 0.379. The van der Waals surface area contributed by atoms with Crippen LogP contribution >= 0.6 is 0 Å². The topological polar surface area (TPSA) is 61.6 Å². The molecule has 7 nitrogen and oxygen atoms in total. The van der Waals surface area contributed by atoms with Crippen LogP contribution in [0.3, 0.4) is 0 Å². The predicted molar refractivity (Wildman–Crippen MR) is 136 cm³/mol. The highest BCUT2D eigenvalue weighted by molar-refractivity contribution is 5.67. The Labute approximate surface area is 211 Å². The molecule has 2 aliphatic carbocycles. The zero-order valence-electron chi connectivity index (χ0n) is 20.9. The highest BCUT2D eigenvalue weighted by Crippen LogP contribution is 2.62. The molecule has 1 saturated heterocycles. The van der Waals surface area contributed by atoms with E-state index in [0.717, 1.165) is 61.0 Å². The van der Waals surface area contributed by atoms with E-state index in [1.165, 1.54) is 22.3 Å². The minimum Gasteiger partial charge on any atom is -0.497 e. The van der Waals surface area contributed by atoms with Gasteiger partial charge in [-0.15, -0.1) is 5.10 Å². The van der Waals surface area contributed by atoms with Crippen LogP contribution in [-0.2, 0) is 29.5 Å². The third kappa shape index (κ3) is 2.89. The van der Waals surface area contributed by atoms with Gasteiger partial charge in [0.05, 0.1) is 37.2 Å². The molecule has 2 bridgehead atoms. The summed E-state index contributed by atoms with van der Waals surface area (Å²) < 4.78 is 20.0. The van der Waals surface area contributed by atoms with E-state index < -0.39 is 0 Å². The van der Waals surface area contributed by atoms with E-state index in [4.69, 9.17) is 14.2 Å². The normalized spacial score (nSPS) is 25.5. The second kappa shape index (κ2) is 7.96. The van der Waals surface area contributed by atoms with Gasteiger partial charge >= 0.3 is 0 Å². The molecule has 0 radical (unpaired) electrons. The summed E-state index contributed by atoms with van der Waals surface area (Å²) in [4.78, 5) is 2.56. The lowest BCUT2D eigenvalue weighted by molar-refractivity contribution is 0.0608. The fourth-order valence-corrected chi connectivity index (χ4v) is 6.78. The molecule has 3 aromatic rings. The lowest BCUT2D eigenvalue weighted by Gasteiger charge is -2.53. The maximum Gasteiger partial charge on any atom is 0.169 e. The van der Waals surface area contributed by atoms with Gasteiger partial charge in [-0.2, -0.15) is 0 Å². The van der Waals surface area contributed by atoms with Gasteiger partial charge in [0, 0.05) is 24.7 Å². The van der Waals surface area contributed by atoms with Crippen LogP contribution in [0, 0.1) is 0 Å². The lowest BCUT2D eigenvalue weighted by Crippen LogP contribution is -2.59. The molecule has 0 saturated carbocycles. The number of benzene rings is 2. The van der Waals surface area contributed by atoms with Crippen molar-refractivity contribution in [1.29, 1.82) is 0 Å². The molecular weight excluding hydrogens is 452 g/mol. The first-order chi connectivity index (χ1) is 17.7. The van der Waals surface area contributed by atoms with Gasteiger partial charge in [-0.05, 0) is 60.2 Å². The zero-order chi connectivity index (χ0) is 24.4. The van der Waals surface area contributed by atoms with E-state index in [-0.39, 0.29) is 17.6 Å². The Balaban J connectivity index is 1.24. The summed E-state index contributed by atoms with van der Waals surface area (Å²) in [6.45, 7) is 3.88. The summed E-state index contributed by atoms with van der Waals surface area (Å²) in [6.07, 6.45) is 9.21. The lowest BCUT2D eigenvalue weighted by atomic mass is 9.57. The third-order valence-corrected chi connectivity index (χ3v) is 8.52. The smallest absolute Gasteiger partial charge is 0.169 e. The van der Waals surface area contributed by atoms with Crippen molar-refractivity contribution in [2.45, 2.75) is 50.3 Å². The van der Waals surface area contributed by atoms with E-state index >= 15 is 0 Å². The molecule has 0 amide bonds. The first-order valence-electron chi connectivity index (χ1n) is 12.7. The Morgan fingerprint density at radius 2 is 1.94 bits per heavy atom. The van der Waals surface area contributed by atoms with Gasteiger partial charge in [0.1, 0.15) is 5.76 Å². The zero-order valence-corrected chi connectivity index (χ0v) is 20.9. The molecule has 7 rings (SSSR count). The predicted octanol–water partition coefficient (Wildman–Crippen LogP) is 4.14. The molecule has 184 valence electrons. The number of rotatable bonds is 6. The Kier molecular flexibility index (Phi) is 4.80. The molecule has 1 spiro atoms. The van der Waals surface area contributed by atoms with Crippen molar-refractivity contribution >= 4 is 0 Å². The summed E-state index contributed by atoms with van der Waals surface area (Å²) in [5.74, 6) is 2.57. The van der Waals surface area contributed by atoms with Gasteiger partial charge in [-0.25, -0.2) is 4.68 Å². The van der Waals surface area contributed by atoms with Gasteiger partial charge in [-0.3, -0.25) is 4.90 Å². The van der Waals surface area contributed by atoms with Crippen LogP contribution in [0.25, 0.3) is 5.69 Å². The molecule has 3 atom stereocenters. The second-order valence-corrected chi connectivity index (χ2v) is 10.1. The summed E-state index contributed by atoms with van der Waals surface area (Å²) in [6, 6.07) is 13.1. The number of hydrogen-bond acceptors (Lipinski definition) is 6. The van der Waals surface area contributed by atoms with Crippen molar-refractivity contribution in [3.8, 4) is 17.2 Å². The molecule has 7 heteroatoms. The highest BCUT2D eigenvalue weighted by atomic mass is 16.6. The van der Waals surface area contributed by atoms with Gasteiger partial charge in [0.25, 0.3) is 0 Å². The van der Waals surface area contributed by atoms with Gasteiger partial charge in [0.2, 0.25) is 0 Å². The number of ether oxygens (including phenoxy) is 3. The fourth-order valence-electron chi connectivity index (χ4n) is 6.78. The average Bonchev–Trinajstić information content (AvgIpc) is 3.52. The van der Waals surface area contributed by atoms with E-state index in [1.807, 2.05) is 10.7 Å². The SMILES string of the molecule is CCc1ccc(-n2cc(CN3CCC45C6=CC=C(OC)C4Oc4c(OC)ccc(c45)CC63)nn2)cc1. The molecule has 2 aromatic carbocycles. The first-order valence-corrected chi connectivity index (χ1v) is 12.7. The van der Waals surface area contributed by atoms with Crippen LogP contribution < -0.4 is 9.47 Å². The monoisotopic (exact) mass is 482 g/mol. The van der Waals surface area contributed by atoms with Crippen molar-refractivity contribution in [3.05, 3.63) is 88.5 Å². The average molecular weight is 483 g/mol. The van der Waals surface area contributed by atoms with Crippen LogP contribution in [0.4, 0.5) is 0 Å². The molecule has 4 aliphatic rings. The summed E-state index contributed by atoms with van der Waals surface area (Å²) in [5.41, 5.74) is 7.21. The van der Waals surface area contributed by atoms with Crippen LogP contribution in [0.1, 0.15) is 35.7 Å². The van der Waals surface area contributed by atoms with Crippen LogP contribution in [0.2, 0.25) is 0 Å². The van der Waals surface area contributed by atoms with Crippen LogP contribution in [-0.4, -0.2) is 52.8 Å². The van der Waals surface area contributed by atoms with E-state index in [0.29, 0.717) is 0 Å². The largest absolute Gasteiger partial charge is 0.497 e. The number of nitrogens with zero attached hydrogens (tertiary/aromatic N) is 4. The summed E-state index contributed by atoms with van der Waals surface area (Å²) >= 11 is 0. The van der Waals surface area contributed by atoms with Crippen LogP contribution in [0.5, 0.6) is 11.5 Å². The third-order valence-electron chi connectivity index (χ3n) is 8.52. The number of hydrogen-bond donors (Lipinski definition) is 0. The van der Waals surface area contributed by atoms with Crippen molar-refractivity contribution < 1.29 is 14.2 Å². The number of likely N-dealkylation sites (tertiary alicyclic amines) is 1. The highest BCUT2D eigenvalue weighted by Gasteiger charge is 2.62. The van der Waals surface area contributed by atoms with Crippen molar-refractivity contribution in [1.82, 2.24) is 19.9 Å². The van der Waals surface area contributed by atoms with Gasteiger partial charge in [-0.1, -0.05) is 36.4 Å². The van der Waals surface area contributed by atoms with Crippen molar-refractivity contribution in [2.75, 3.05) is 20.8 Å². The first kappa shape index (κ1) is 21.7. The maximum absolute atomic E-state index is 6.62. The summed E-state index contributed by atoms with van der Waals surface area (Å²) in [5, 5.41) is 8.96. The minimum absolute atomic E-state index is 0.149. The minimum atomic E-state index is -0.197. The number of methoxy groups -OCH3 is 2. The van der Waals surface area contributed by atoms with Crippen molar-refractivity contribution in [3.63, 3.8) is 0 Å². The van der Waals surface area contributed by atoms with Crippen LogP contribution in [0.15, 0.2) is 66.1 Å². The Bertz CT molecular complexity index is 1410. The molecule has 3 unspecified atom stereocenters. The van der Waals surface area contributed by atoms with Gasteiger partial charge in [0.15, 0.2) is 17.6 Å². The molecule has 3 heterocycles. The number of piperidine rings is 1. The van der Waals surface area contributed by atoms with E-state index in [2.05, 4.69) is 70.8 Å². The van der Waals surface area contributed by atoms with Gasteiger partial charge < -0.3 is 14.2 Å². The number of aryl methyl sites for hydroxylation is 1. The van der Waals surface area contributed by atoms with Crippen molar-refractivity contribution in [2.24, 2.45) is 0 Å². The molecule has 2 aliphatic heterocycles. The number of allylic oxidation sites excluding steroid dienone is 2. The summed E-state index contributed by atoms with van der Waals surface area (Å²) in [7, 11) is 3.45. The van der Waals surface area contributed by atoms with E-state index in [1.54, 1.807) is 14.2 Å². The number of aromatic nitrogens is 3. The molecule has 36 heavy (non-hydrogen) atoms. The second-order valence-electron chi connectivity index (χ2n) is 10.1. The maximum atomic E-state index is 6.62. The molecule has 0 N–H and O–H groups in total. The van der Waals surface area contributed by atoms with E-state index in [9.17, 15) is 0 Å². The standard InChI is InChI=1S/C29H30N4O3/c1-4-18-5-8-21(9-6-18)33-17-20(30-31-33)16-32-14-13-29-22-10-12-25(35-3)28(29)36-27-24(34-2)11-7-19(26(27)29)15-23(22)32/h5-12,17,23,28H,4,13-16H2,1-3H3. The Morgan fingerprint density at radius 3 is 2.72 bits per heavy atom. The molecule has 1 fully saturated rings. The molecule has 1 aromatic heterocycles. The quantitative estimate of drug-likeness (QED) is 0.526.